The van der Waals surface area contributed by atoms with Crippen LogP contribution < -0.4 is 10.0 Å². The molecule has 0 aliphatic rings. The first-order valence-electron chi connectivity index (χ1n) is 7.35. The predicted octanol–water partition coefficient (Wildman–Crippen LogP) is 2.75. The van der Waals surface area contributed by atoms with Crippen LogP contribution in [0.1, 0.15) is 18.1 Å². The summed E-state index contributed by atoms with van der Waals surface area (Å²) in [5.74, 6) is -1.40. The van der Waals surface area contributed by atoms with Crippen LogP contribution in [0.4, 0.5) is 10.1 Å². The van der Waals surface area contributed by atoms with Crippen LogP contribution in [0.25, 0.3) is 0 Å². The van der Waals surface area contributed by atoms with Crippen LogP contribution in [-0.2, 0) is 14.8 Å². The van der Waals surface area contributed by atoms with E-state index in [0.29, 0.717) is 5.69 Å². The second-order valence-electron chi connectivity index (χ2n) is 5.56. The first kappa shape index (κ1) is 18.1. The fourth-order valence-corrected chi connectivity index (χ4v) is 3.36. The van der Waals surface area contributed by atoms with Gasteiger partial charge in [-0.05, 0) is 56.2 Å². The Bertz CT molecular complexity index is 866. The molecule has 2 N–H and O–H groups in total. The van der Waals surface area contributed by atoms with Gasteiger partial charge in [-0.3, -0.25) is 4.79 Å². The molecule has 0 aliphatic carbocycles. The van der Waals surface area contributed by atoms with E-state index >= 15 is 0 Å². The number of carbonyl (C=O) groups excluding carboxylic acids is 1. The van der Waals surface area contributed by atoms with Crippen molar-refractivity contribution in [2.45, 2.75) is 31.7 Å². The van der Waals surface area contributed by atoms with Crippen molar-refractivity contribution in [1.82, 2.24) is 4.72 Å². The van der Waals surface area contributed by atoms with E-state index in [4.69, 9.17) is 0 Å². The summed E-state index contributed by atoms with van der Waals surface area (Å²) in [4.78, 5) is 11.7. The monoisotopic (exact) mass is 350 g/mol. The Labute approximate surface area is 141 Å². The maximum Gasteiger partial charge on any atom is 0.244 e. The van der Waals surface area contributed by atoms with Crippen molar-refractivity contribution in [3.8, 4) is 0 Å². The molecule has 2 aromatic rings. The summed E-state index contributed by atoms with van der Waals surface area (Å²) in [7, 11) is -4.13. The Kier molecular flexibility index (Phi) is 5.36. The number of amides is 1. The number of anilines is 1. The lowest BCUT2D eigenvalue weighted by molar-refractivity contribution is -0.117. The van der Waals surface area contributed by atoms with Gasteiger partial charge < -0.3 is 5.32 Å². The normalized spacial score (nSPS) is 12.7. The van der Waals surface area contributed by atoms with Gasteiger partial charge in [0.25, 0.3) is 0 Å². The second kappa shape index (κ2) is 7.11. The number of sulfonamides is 1. The molecule has 0 saturated carbocycles. The molecule has 0 radical (unpaired) electrons. The Morgan fingerprint density at radius 3 is 2.38 bits per heavy atom. The highest BCUT2D eigenvalue weighted by Gasteiger charge is 2.24. The molecule has 0 fully saturated rings. The Morgan fingerprint density at radius 1 is 1.08 bits per heavy atom. The molecule has 0 unspecified atom stereocenters. The second-order valence-corrected chi connectivity index (χ2v) is 7.24. The molecule has 0 aliphatic heterocycles. The summed E-state index contributed by atoms with van der Waals surface area (Å²) in [6.45, 7) is 5.26. The number of benzene rings is 2. The molecular formula is C17H19FN2O3S. The molecule has 0 heterocycles. The van der Waals surface area contributed by atoms with Crippen molar-refractivity contribution < 1.29 is 17.6 Å². The lowest BCUT2D eigenvalue weighted by Crippen LogP contribution is -2.41. The van der Waals surface area contributed by atoms with Gasteiger partial charge in [0.15, 0.2) is 0 Å². The molecule has 7 heteroatoms. The van der Waals surface area contributed by atoms with Crippen LogP contribution in [0.15, 0.2) is 47.4 Å². The number of nitrogens with one attached hydrogen (secondary N) is 2. The van der Waals surface area contributed by atoms with E-state index in [1.165, 1.54) is 19.1 Å². The van der Waals surface area contributed by atoms with E-state index in [2.05, 4.69) is 10.0 Å². The zero-order chi connectivity index (χ0) is 17.9. The quantitative estimate of drug-likeness (QED) is 0.871. The predicted molar refractivity (Wildman–Crippen MR) is 90.7 cm³/mol. The van der Waals surface area contributed by atoms with Gasteiger partial charge in [-0.2, -0.15) is 4.72 Å². The third-order valence-corrected chi connectivity index (χ3v) is 5.20. The summed E-state index contributed by atoms with van der Waals surface area (Å²) in [6, 6.07) is 9.33. The number of aryl methyl sites for hydroxylation is 2. The van der Waals surface area contributed by atoms with Gasteiger partial charge in [-0.15, -0.1) is 0 Å². The Hall–Kier alpha value is -2.25. The third-order valence-electron chi connectivity index (χ3n) is 3.63. The fourth-order valence-electron chi connectivity index (χ4n) is 2.08. The van der Waals surface area contributed by atoms with E-state index in [1.807, 2.05) is 19.9 Å². The zero-order valence-electron chi connectivity index (χ0n) is 13.6. The molecule has 0 saturated heterocycles. The first-order valence-corrected chi connectivity index (χ1v) is 8.84. The Morgan fingerprint density at radius 2 is 1.75 bits per heavy atom. The fraction of sp³-hybridized carbons (Fsp3) is 0.235. The van der Waals surface area contributed by atoms with Gasteiger partial charge in [0.05, 0.1) is 6.04 Å². The van der Waals surface area contributed by atoms with E-state index in [9.17, 15) is 17.6 Å². The van der Waals surface area contributed by atoms with Crippen LogP contribution in [0.5, 0.6) is 0 Å². The topological polar surface area (TPSA) is 75.3 Å². The molecule has 0 spiro atoms. The summed E-state index contributed by atoms with van der Waals surface area (Å²) < 4.78 is 40.2. The van der Waals surface area contributed by atoms with Crippen molar-refractivity contribution in [3.05, 3.63) is 59.4 Å². The molecule has 24 heavy (non-hydrogen) atoms. The van der Waals surface area contributed by atoms with E-state index in [1.54, 1.807) is 12.1 Å². The molecule has 2 aromatic carbocycles. The van der Waals surface area contributed by atoms with Crippen molar-refractivity contribution >= 4 is 21.6 Å². The number of carbonyl (C=O) groups is 1. The lowest BCUT2D eigenvalue weighted by Gasteiger charge is -2.15. The van der Waals surface area contributed by atoms with Crippen LogP contribution in [0.3, 0.4) is 0 Å². The molecular weight excluding hydrogens is 331 g/mol. The number of rotatable bonds is 5. The summed E-state index contributed by atoms with van der Waals surface area (Å²) in [5, 5.41) is 2.64. The molecule has 5 nitrogen and oxygen atoms in total. The highest BCUT2D eigenvalue weighted by Crippen LogP contribution is 2.16. The minimum atomic E-state index is -4.13. The molecule has 128 valence electrons. The van der Waals surface area contributed by atoms with Gasteiger partial charge in [-0.1, -0.05) is 18.2 Å². The average molecular weight is 350 g/mol. The van der Waals surface area contributed by atoms with Gasteiger partial charge in [0.1, 0.15) is 10.7 Å². The molecule has 1 atom stereocenters. The van der Waals surface area contributed by atoms with Crippen LogP contribution in [0, 0.1) is 19.7 Å². The van der Waals surface area contributed by atoms with Crippen molar-refractivity contribution in [2.24, 2.45) is 0 Å². The lowest BCUT2D eigenvalue weighted by atomic mass is 10.1. The minimum absolute atomic E-state index is 0.490. The summed E-state index contributed by atoms with van der Waals surface area (Å²) in [6.07, 6.45) is 0. The zero-order valence-corrected chi connectivity index (χ0v) is 14.4. The summed E-state index contributed by atoms with van der Waals surface area (Å²) in [5.41, 5.74) is 2.66. The SMILES string of the molecule is Cc1ccc(NC(=O)[C@H](C)NS(=O)(=O)c2ccccc2F)cc1C. The van der Waals surface area contributed by atoms with Gasteiger partial charge >= 0.3 is 0 Å². The standard InChI is InChI=1S/C17H19FN2O3S/c1-11-8-9-14(10-12(11)2)19-17(21)13(3)20-24(22,23)16-7-5-4-6-15(16)18/h4-10,13,20H,1-3H3,(H,19,21)/t13-/m0/s1. The molecule has 0 bridgehead atoms. The Balaban J connectivity index is 2.11. The van der Waals surface area contributed by atoms with Crippen LogP contribution in [-0.4, -0.2) is 20.4 Å². The first-order chi connectivity index (χ1) is 11.2. The van der Waals surface area contributed by atoms with Gasteiger partial charge in [-0.25, -0.2) is 12.8 Å². The number of hydrogen-bond donors (Lipinski definition) is 2. The van der Waals surface area contributed by atoms with E-state index < -0.39 is 32.7 Å². The maximum absolute atomic E-state index is 13.6. The summed E-state index contributed by atoms with van der Waals surface area (Å²) >= 11 is 0. The number of hydrogen-bond acceptors (Lipinski definition) is 3. The highest BCUT2D eigenvalue weighted by atomic mass is 32.2. The van der Waals surface area contributed by atoms with Crippen LogP contribution in [0.2, 0.25) is 0 Å². The van der Waals surface area contributed by atoms with E-state index in [0.717, 1.165) is 23.3 Å². The maximum atomic E-state index is 13.6. The largest absolute Gasteiger partial charge is 0.325 e. The van der Waals surface area contributed by atoms with E-state index in [-0.39, 0.29) is 0 Å². The highest BCUT2D eigenvalue weighted by molar-refractivity contribution is 7.89. The smallest absolute Gasteiger partial charge is 0.244 e. The van der Waals surface area contributed by atoms with Gasteiger partial charge in [0.2, 0.25) is 15.9 Å². The molecule has 0 aromatic heterocycles. The van der Waals surface area contributed by atoms with Crippen molar-refractivity contribution in [1.29, 1.82) is 0 Å². The average Bonchev–Trinajstić information content (AvgIpc) is 2.50. The minimum Gasteiger partial charge on any atom is -0.325 e. The molecule has 1 amide bonds. The van der Waals surface area contributed by atoms with Crippen LogP contribution >= 0.6 is 0 Å². The van der Waals surface area contributed by atoms with Crippen molar-refractivity contribution in [3.63, 3.8) is 0 Å². The third kappa shape index (κ3) is 4.18. The van der Waals surface area contributed by atoms with Crippen molar-refractivity contribution in [2.75, 3.05) is 5.32 Å². The molecule has 2 rings (SSSR count). The number of halogens is 1. The van der Waals surface area contributed by atoms with Gasteiger partial charge in [0, 0.05) is 5.69 Å².